The zero-order valence-corrected chi connectivity index (χ0v) is 12.6. The summed E-state index contributed by atoms with van der Waals surface area (Å²) >= 11 is 5.85. The Hall–Kier alpha value is -1.95. The maximum atomic E-state index is 13.7. The minimum absolute atomic E-state index is 0.0320. The van der Waals surface area contributed by atoms with Gasteiger partial charge in [0.1, 0.15) is 5.82 Å². The molecule has 0 atom stereocenters. The standard InChI is InChI=1S/C15H15ClFN3O2/c16-10-7-4-8-11(17)12(10)13(21)18-15-20-19-14(22-15)9-5-2-1-3-6-9/h4,7-9H,1-3,5-6H2,(H,18,20,21). The van der Waals surface area contributed by atoms with E-state index in [1.165, 1.54) is 24.6 Å². The van der Waals surface area contributed by atoms with Gasteiger partial charge in [0.15, 0.2) is 0 Å². The molecule has 1 amide bonds. The number of nitrogens with zero attached hydrogens (tertiary/aromatic N) is 2. The topological polar surface area (TPSA) is 68.0 Å². The van der Waals surface area contributed by atoms with Crippen molar-refractivity contribution in [2.24, 2.45) is 0 Å². The molecule has 0 unspecified atom stereocenters. The molecule has 3 rings (SSSR count). The van der Waals surface area contributed by atoms with Crippen LogP contribution in [0.1, 0.15) is 54.3 Å². The van der Waals surface area contributed by atoms with E-state index in [0.717, 1.165) is 25.7 Å². The summed E-state index contributed by atoms with van der Waals surface area (Å²) in [5.74, 6) is -0.641. The Morgan fingerprint density at radius 3 is 2.77 bits per heavy atom. The summed E-state index contributed by atoms with van der Waals surface area (Å²) in [6.07, 6.45) is 5.52. The van der Waals surface area contributed by atoms with Crippen LogP contribution in [-0.4, -0.2) is 16.1 Å². The number of aromatic nitrogens is 2. The lowest BCUT2D eigenvalue weighted by molar-refractivity contribution is 0.102. The second-order valence-electron chi connectivity index (χ2n) is 5.33. The average Bonchev–Trinajstić information content (AvgIpc) is 2.96. The normalized spacial score (nSPS) is 15.7. The molecule has 1 aromatic heterocycles. The molecular formula is C15H15ClFN3O2. The average molecular weight is 324 g/mol. The third kappa shape index (κ3) is 3.11. The zero-order valence-electron chi connectivity index (χ0n) is 11.8. The summed E-state index contributed by atoms with van der Waals surface area (Å²) in [6.45, 7) is 0. The molecule has 2 aromatic rings. The second-order valence-corrected chi connectivity index (χ2v) is 5.74. The molecule has 1 aromatic carbocycles. The Labute approximate surface area is 131 Å². The van der Waals surface area contributed by atoms with Crippen molar-refractivity contribution in [3.8, 4) is 0 Å². The molecule has 22 heavy (non-hydrogen) atoms. The minimum atomic E-state index is -0.707. The van der Waals surface area contributed by atoms with Crippen molar-refractivity contribution in [3.05, 3.63) is 40.5 Å². The molecule has 116 valence electrons. The Morgan fingerprint density at radius 2 is 2.05 bits per heavy atom. The summed E-state index contributed by atoms with van der Waals surface area (Å²) in [7, 11) is 0. The monoisotopic (exact) mass is 323 g/mol. The molecular weight excluding hydrogens is 309 g/mol. The molecule has 1 N–H and O–H groups in total. The summed E-state index contributed by atoms with van der Waals surface area (Å²) < 4.78 is 19.2. The molecule has 1 heterocycles. The highest BCUT2D eigenvalue weighted by molar-refractivity contribution is 6.34. The van der Waals surface area contributed by atoms with Crippen molar-refractivity contribution < 1.29 is 13.6 Å². The largest absolute Gasteiger partial charge is 0.408 e. The van der Waals surface area contributed by atoms with Crippen LogP contribution in [0.5, 0.6) is 0 Å². The third-order valence-electron chi connectivity index (χ3n) is 3.81. The van der Waals surface area contributed by atoms with Gasteiger partial charge in [-0.05, 0) is 25.0 Å². The van der Waals surface area contributed by atoms with Crippen molar-refractivity contribution in [1.29, 1.82) is 0 Å². The van der Waals surface area contributed by atoms with Gasteiger partial charge in [0.2, 0.25) is 5.89 Å². The number of hydrogen-bond acceptors (Lipinski definition) is 4. The first-order chi connectivity index (χ1) is 10.6. The summed E-state index contributed by atoms with van der Waals surface area (Å²) in [5, 5.41) is 10.2. The van der Waals surface area contributed by atoms with Crippen LogP contribution in [0.25, 0.3) is 0 Å². The molecule has 1 aliphatic rings. The van der Waals surface area contributed by atoms with Crippen LogP contribution in [0.3, 0.4) is 0 Å². The fourth-order valence-electron chi connectivity index (χ4n) is 2.67. The van der Waals surface area contributed by atoms with Gasteiger partial charge in [-0.1, -0.05) is 42.0 Å². The van der Waals surface area contributed by atoms with Crippen LogP contribution < -0.4 is 5.32 Å². The van der Waals surface area contributed by atoms with E-state index >= 15 is 0 Å². The predicted molar refractivity (Wildman–Crippen MR) is 79.5 cm³/mol. The van der Waals surface area contributed by atoms with Crippen LogP contribution in [0.15, 0.2) is 22.6 Å². The van der Waals surface area contributed by atoms with Crippen LogP contribution in [0, 0.1) is 5.82 Å². The molecule has 0 spiro atoms. The first-order valence-corrected chi connectivity index (χ1v) is 7.61. The van der Waals surface area contributed by atoms with Gasteiger partial charge in [-0.15, -0.1) is 5.10 Å². The number of carbonyl (C=O) groups excluding carboxylic acids is 1. The number of rotatable bonds is 3. The summed E-state index contributed by atoms with van der Waals surface area (Å²) in [6, 6.07) is 4.01. The van der Waals surface area contributed by atoms with E-state index in [0.29, 0.717) is 5.89 Å². The number of nitrogens with one attached hydrogen (secondary N) is 1. The molecule has 1 fully saturated rings. The first-order valence-electron chi connectivity index (χ1n) is 7.24. The van der Waals surface area contributed by atoms with Crippen LogP contribution >= 0.6 is 11.6 Å². The fourth-order valence-corrected chi connectivity index (χ4v) is 2.92. The lowest BCUT2D eigenvalue weighted by Crippen LogP contribution is -2.14. The van der Waals surface area contributed by atoms with E-state index in [1.807, 2.05) is 0 Å². The van der Waals surface area contributed by atoms with Gasteiger partial charge in [-0.25, -0.2) is 4.39 Å². The fraction of sp³-hybridized carbons (Fsp3) is 0.400. The van der Waals surface area contributed by atoms with Crippen LogP contribution in [0.4, 0.5) is 10.4 Å². The number of amides is 1. The highest BCUT2D eigenvalue weighted by atomic mass is 35.5. The number of anilines is 1. The molecule has 0 radical (unpaired) electrons. The maximum absolute atomic E-state index is 13.7. The van der Waals surface area contributed by atoms with Gasteiger partial charge in [0, 0.05) is 5.92 Å². The quantitative estimate of drug-likeness (QED) is 0.920. The SMILES string of the molecule is O=C(Nc1nnc(C2CCCCC2)o1)c1c(F)cccc1Cl. The van der Waals surface area contributed by atoms with E-state index in [2.05, 4.69) is 15.5 Å². The maximum Gasteiger partial charge on any atom is 0.322 e. The van der Waals surface area contributed by atoms with Gasteiger partial charge >= 0.3 is 6.01 Å². The van der Waals surface area contributed by atoms with Crippen LogP contribution in [0.2, 0.25) is 5.02 Å². The first kappa shape index (κ1) is 15.0. The van der Waals surface area contributed by atoms with Gasteiger partial charge in [-0.2, -0.15) is 0 Å². The number of carbonyl (C=O) groups is 1. The Kier molecular flexibility index (Phi) is 4.38. The van der Waals surface area contributed by atoms with E-state index < -0.39 is 11.7 Å². The van der Waals surface area contributed by atoms with E-state index in [1.54, 1.807) is 0 Å². The molecule has 0 aliphatic heterocycles. The highest BCUT2D eigenvalue weighted by Gasteiger charge is 2.23. The molecule has 5 nitrogen and oxygen atoms in total. The van der Waals surface area contributed by atoms with Crippen molar-refractivity contribution in [1.82, 2.24) is 10.2 Å². The van der Waals surface area contributed by atoms with Crippen molar-refractivity contribution in [2.45, 2.75) is 38.0 Å². The number of halogens is 2. The zero-order chi connectivity index (χ0) is 15.5. The molecule has 1 aliphatic carbocycles. The lowest BCUT2D eigenvalue weighted by Gasteiger charge is -2.17. The Morgan fingerprint density at radius 1 is 1.27 bits per heavy atom. The van der Waals surface area contributed by atoms with E-state index in [4.69, 9.17) is 16.0 Å². The molecule has 1 saturated carbocycles. The highest BCUT2D eigenvalue weighted by Crippen LogP contribution is 2.32. The molecule has 0 saturated heterocycles. The van der Waals surface area contributed by atoms with E-state index in [-0.39, 0.29) is 22.5 Å². The van der Waals surface area contributed by atoms with Gasteiger partial charge in [0.05, 0.1) is 10.6 Å². The Bertz CT molecular complexity index is 663. The predicted octanol–water partition coefficient (Wildman–Crippen LogP) is 4.16. The third-order valence-corrected chi connectivity index (χ3v) is 4.12. The van der Waals surface area contributed by atoms with Gasteiger partial charge in [0.25, 0.3) is 5.91 Å². The minimum Gasteiger partial charge on any atom is -0.408 e. The van der Waals surface area contributed by atoms with E-state index in [9.17, 15) is 9.18 Å². The van der Waals surface area contributed by atoms with Gasteiger partial charge in [-0.3, -0.25) is 10.1 Å². The van der Waals surface area contributed by atoms with Crippen molar-refractivity contribution >= 4 is 23.5 Å². The van der Waals surface area contributed by atoms with Gasteiger partial charge < -0.3 is 4.42 Å². The van der Waals surface area contributed by atoms with Crippen LogP contribution in [-0.2, 0) is 0 Å². The second kappa shape index (κ2) is 6.44. The summed E-state index contributed by atoms with van der Waals surface area (Å²) in [5.41, 5.74) is -0.235. The Balaban J connectivity index is 1.73. The molecule has 0 bridgehead atoms. The smallest absolute Gasteiger partial charge is 0.322 e. The number of benzene rings is 1. The van der Waals surface area contributed by atoms with Crippen molar-refractivity contribution in [2.75, 3.05) is 5.32 Å². The number of hydrogen-bond donors (Lipinski definition) is 1. The lowest BCUT2D eigenvalue weighted by atomic mass is 9.89. The summed E-state index contributed by atoms with van der Waals surface area (Å²) in [4.78, 5) is 12.1. The van der Waals surface area contributed by atoms with Crippen molar-refractivity contribution in [3.63, 3.8) is 0 Å². The molecule has 7 heteroatoms.